The summed E-state index contributed by atoms with van der Waals surface area (Å²) in [6.07, 6.45) is 6.84. The molecule has 0 amide bonds. The van der Waals surface area contributed by atoms with Gasteiger partial charge in [0.15, 0.2) is 0 Å². The first-order valence-corrected chi connectivity index (χ1v) is 11.0. The Bertz CT molecular complexity index is 673. The summed E-state index contributed by atoms with van der Waals surface area (Å²) in [4.78, 5) is 2.66. The topological polar surface area (TPSA) is 3.24 Å². The molecule has 1 saturated heterocycles. The summed E-state index contributed by atoms with van der Waals surface area (Å²) in [7, 11) is 0. The van der Waals surface area contributed by atoms with E-state index >= 15 is 0 Å². The van der Waals surface area contributed by atoms with Gasteiger partial charge in [-0.3, -0.25) is 0 Å². The average molecular weight is 465 g/mol. The highest BCUT2D eigenvalue weighted by Crippen LogP contribution is 2.32. The summed E-state index contributed by atoms with van der Waals surface area (Å²) in [5.74, 6) is 0.616. The molecule has 0 aromatic heterocycles. The molecule has 1 nitrogen and oxygen atoms in total. The number of nitrogens with zero attached hydrogens (tertiary/aromatic N) is 1. The van der Waals surface area contributed by atoms with Gasteiger partial charge in [0.1, 0.15) is 0 Å². The molecule has 1 unspecified atom stereocenters. The zero-order valence-corrected chi connectivity index (χ0v) is 18.2. The zero-order valence-electron chi connectivity index (χ0n) is 15.0. The second kappa shape index (κ2) is 9.34. The number of hydrogen-bond donors (Lipinski definition) is 0. The number of halogens is 2. The van der Waals surface area contributed by atoms with Gasteiger partial charge in [0.25, 0.3) is 0 Å². The highest BCUT2D eigenvalue weighted by Gasteiger charge is 2.12. The van der Waals surface area contributed by atoms with Crippen LogP contribution in [0.3, 0.4) is 0 Å². The molecule has 0 bridgehead atoms. The maximum absolute atomic E-state index is 3.67. The summed E-state index contributed by atoms with van der Waals surface area (Å²) in [5.41, 5.74) is 3.96. The Hall–Kier alpha value is -0.640. The van der Waals surface area contributed by atoms with Crippen LogP contribution in [0.1, 0.15) is 50.5 Å². The fourth-order valence-electron chi connectivity index (χ4n) is 3.62. The summed E-state index contributed by atoms with van der Waals surface area (Å²) >= 11 is 7.19. The lowest BCUT2D eigenvalue weighted by Gasteiger charge is -2.22. The van der Waals surface area contributed by atoms with Gasteiger partial charge in [0.2, 0.25) is 0 Å². The second-order valence-corrected chi connectivity index (χ2v) is 8.96. The third-order valence-corrected chi connectivity index (χ3v) is 6.45. The lowest BCUT2D eigenvalue weighted by atomic mass is 9.95. The molecular formula is C22H27Br2N. The predicted molar refractivity (Wildman–Crippen MR) is 115 cm³/mol. The van der Waals surface area contributed by atoms with E-state index in [-0.39, 0.29) is 0 Å². The van der Waals surface area contributed by atoms with E-state index in [4.69, 9.17) is 0 Å². The molecule has 0 aliphatic carbocycles. The molecule has 1 aliphatic heterocycles. The van der Waals surface area contributed by atoms with Crippen molar-refractivity contribution in [3.05, 3.63) is 57.0 Å². The third-order valence-electron chi connectivity index (χ3n) is 5.30. The quantitative estimate of drug-likeness (QED) is 0.450. The zero-order chi connectivity index (χ0) is 17.6. The van der Waals surface area contributed by atoms with E-state index in [2.05, 4.69) is 86.1 Å². The number of rotatable bonds is 5. The Balaban J connectivity index is 1.61. The molecule has 1 atom stereocenters. The van der Waals surface area contributed by atoms with Crippen molar-refractivity contribution in [2.24, 2.45) is 0 Å². The largest absolute Gasteiger partial charge is 0.303 e. The first-order valence-electron chi connectivity index (χ1n) is 9.41. The van der Waals surface area contributed by atoms with Crippen molar-refractivity contribution < 1.29 is 0 Å². The van der Waals surface area contributed by atoms with Crippen LogP contribution in [-0.4, -0.2) is 24.5 Å². The van der Waals surface area contributed by atoms with Crippen LogP contribution in [0.25, 0.3) is 11.1 Å². The van der Waals surface area contributed by atoms with Crippen molar-refractivity contribution in [3.63, 3.8) is 0 Å². The summed E-state index contributed by atoms with van der Waals surface area (Å²) in [6.45, 7) is 6.19. The average Bonchev–Trinajstić information content (AvgIpc) is 2.89. The Labute approximate surface area is 169 Å². The summed E-state index contributed by atoms with van der Waals surface area (Å²) in [6, 6.07) is 15.5. The monoisotopic (exact) mass is 463 g/mol. The number of hydrogen-bond acceptors (Lipinski definition) is 1. The van der Waals surface area contributed by atoms with Crippen molar-refractivity contribution in [2.75, 3.05) is 19.6 Å². The van der Waals surface area contributed by atoms with Gasteiger partial charge in [0.05, 0.1) is 0 Å². The van der Waals surface area contributed by atoms with E-state index in [1.54, 1.807) is 0 Å². The molecular weight excluding hydrogens is 438 g/mol. The van der Waals surface area contributed by atoms with Crippen LogP contribution < -0.4 is 0 Å². The lowest BCUT2D eigenvalue weighted by molar-refractivity contribution is 0.275. The van der Waals surface area contributed by atoms with E-state index in [0.717, 1.165) is 8.95 Å². The van der Waals surface area contributed by atoms with Gasteiger partial charge < -0.3 is 4.90 Å². The number of benzene rings is 2. The molecule has 0 spiro atoms. The minimum absolute atomic E-state index is 0.616. The van der Waals surface area contributed by atoms with Crippen LogP contribution in [0.2, 0.25) is 0 Å². The van der Waals surface area contributed by atoms with Crippen molar-refractivity contribution in [1.29, 1.82) is 0 Å². The standard InChI is InChI=1S/C22H27Br2N/c1-17(12-15-25-13-4-2-3-5-14-25)18-6-8-19(9-7-18)21-11-10-20(23)16-22(21)24/h6-11,16-17H,2-5,12-15H2,1H3. The molecule has 25 heavy (non-hydrogen) atoms. The van der Waals surface area contributed by atoms with E-state index < -0.39 is 0 Å². The first kappa shape index (κ1) is 19.1. The van der Waals surface area contributed by atoms with Gasteiger partial charge in [-0.05, 0) is 73.6 Å². The fourth-order valence-corrected chi connectivity index (χ4v) is 4.89. The van der Waals surface area contributed by atoms with Crippen molar-refractivity contribution in [3.8, 4) is 11.1 Å². The molecule has 1 heterocycles. The molecule has 0 N–H and O–H groups in total. The van der Waals surface area contributed by atoms with E-state index in [1.807, 2.05) is 0 Å². The van der Waals surface area contributed by atoms with Crippen molar-refractivity contribution in [1.82, 2.24) is 4.90 Å². The minimum Gasteiger partial charge on any atom is -0.303 e. The minimum atomic E-state index is 0.616. The van der Waals surface area contributed by atoms with E-state index in [9.17, 15) is 0 Å². The normalized spacial score (nSPS) is 17.2. The molecule has 0 saturated carbocycles. The van der Waals surface area contributed by atoms with Crippen molar-refractivity contribution >= 4 is 31.9 Å². The Kier molecular flexibility index (Phi) is 7.15. The maximum Gasteiger partial charge on any atom is 0.0264 e. The van der Waals surface area contributed by atoms with E-state index in [1.165, 1.54) is 68.4 Å². The highest BCUT2D eigenvalue weighted by atomic mass is 79.9. The van der Waals surface area contributed by atoms with Gasteiger partial charge in [0, 0.05) is 8.95 Å². The van der Waals surface area contributed by atoms with Gasteiger partial charge in [-0.15, -0.1) is 0 Å². The second-order valence-electron chi connectivity index (χ2n) is 7.19. The Morgan fingerprint density at radius 2 is 1.60 bits per heavy atom. The van der Waals surface area contributed by atoms with Crippen molar-refractivity contribution in [2.45, 2.75) is 44.9 Å². The summed E-state index contributed by atoms with van der Waals surface area (Å²) in [5, 5.41) is 0. The van der Waals surface area contributed by atoms with Gasteiger partial charge >= 0.3 is 0 Å². The van der Waals surface area contributed by atoms with Crippen LogP contribution in [0.15, 0.2) is 51.4 Å². The summed E-state index contributed by atoms with van der Waals surface area (Å²) < 4.78 is 2.23. The molecule has 2 aromatic carbocycles. The highest BCUT2D eigenvalue weighted by molar-refractivity contribution is 9.11. The van der Waals surface area contributed by atoms with Gasteiger partial charge in [-0.25, -0.2) is 0 Å². The lowest BCUT2D eigenvalue weighted by Crippen LogP contribution is -2.26. The molecule has 0 radical (unpaired) electrons. The smallest absolute Gasteiger partial charge is 0.0264 e. The Morgan fingerprint density at radius 3 is 2.24 bits per heavy atom. The first-order chi connectivity index (χ1) is 12.1. The molecule has 3 rings (SSSR count). The van der Waals surface area contributed by atoms with Crippen LogP contribution >= 0.6 is 31.9 Å². The van der Waals surface area contributed by atoms with Crippen LogP contribution in [0, 0.1) is 0 Å². The Morgan fingerprint density at radius 1 is 0.920 bits per heavy atom. The number of likely N-dealkylation sites (tertiary alicyclic amines) is 1. The fraction of sp³-hybridized carbons (Fsp3) is 0.455. The third kappa shape index (κ3) is 5.42. The SMILES string of the molecule is CC(CCN1CCCCCC1)c1ccc(-c2ccc(Br)cc2Br)cc1. The van der Waals surface area contributed by atoms with Crippen LogP contribution in [-0.2, 0) is 0 Å². The molecule has 3 heteroatoms. The van der Waals surface area contributed by atoms with Gasteiger partial charge in [-0.1, -0.05) is 82.0 Å². The van der Waals surface area contributed by atoms with Crippen LogP contribution in [0.5, 0.6) is 0 Å². The van der Waals surface area contributed by atoms with Gasteiger partial charge in [-0.2, -0.15) is 0 Å². The molecule has 134 valence electrons. The van der Waals surface area contributed by atoms with Crippen LogP contribution in [0.4, 0.5) is 0 Å². The van der Waals surface area contributed by atoms with E-state index in [0.29, 0.717) is 5.92 Å². The predicted octanol–water partition coefficient (Wildman–Crippen LogP) is 7.25. The maximum atomic E-state index is 3.67. The molecule has 2 aromatic rings. The molecule has 1 aliphatic rings. The molecule has 1 fully saturated rings.